The van der Waals surface area contributed by atoms with E-state index in [1.165, 1.54) is 0 Å². The highest BCUT2D eigenvalue weighted by molar-refractivity contribution is 5.89. The van der Waals surface area contributed by atoms with Crippen molar-refractivity contribution in [2.24, 2.45) is 11.5 Å². The summed E-state index contributed by atoms with van der Waals surface area (Å²) in [5.41, 5.74) is 10.9. The zero-order chi connectivity index (χ0) is 13.1. The number of halogens is 1. The minimum Gasteiger partial charge on any atom is -0.368 e. The molecule has 2 aliphatic rings. The van der Waals surface area contributed by atoms with Gasteiger partial charge < -0.3 is 21.1 Å². The van der Waals surface area contributed by atoms with E-state index in [2.05, 4.69) is 0 Å². The highest BCUT2D eigenvalue weighted by Crippen LogP contribution is 2.24. The lowest BCUT2D eigenvalue weighted by Crippen LogP contribution is -2.53. The third-order valence-corrected chi connectivity index (χ3v) is 3.76. The minimum absolute atomic E-state index is 0. The van der Waals surface area contributed by atoms with E-state index in [0.29, 0.717) is 25.9 Å². The first kappa shape index (κ1) is 16.2. The van der Waals surface area contributed by atoms with Gasteiger partial charge in [-0.25, -0.2) is 0 Å². The molecular formula is C12H22ClN3O3. The van der Waals surface area contributed by atoms with Crippen molar-refractivity contribution in [3.63, 3.8) is 0 Å². The van der Waals surface area contributed by atoms with E-state index in [0.717, 1.165) is 19.3 Å². The molecule has 0 saturated carbocycles. The molecule has 19 heavy (non-hydrogen) atoms. The van der Waals surface area contributed by atoms with Crippen LogP contribution in [0.25, 0.3) is 0 Å². The number of likely N-dealkylation sites (tertiary alicyclic amines) is 1. The average molecular weight is 292 g/mol. The molecule has 0 radical (unpaired) electrons. The first-order chi connectivity index (χ1) is 8.63. The van der Waals surface area contributed by atoms with Crippen molar-refractivity contribution in [2.45, 2.75) is 50.4 Å². The van der Waals surface area contributed by atoms with E-state index < -0.39 is 18.1 Å². The third kappa shape index (κ3) is 3.58. The molecular weight excluding hydrogens is 270 g/mol. The second kappa shape index (κ2) is 7.07. The van der Waals surface area contributed by atoms with Crippen molar-refractivity contribution in [2.75, 3.05) is 13.1 Å². The van der Waals surface area contributed by atoms with Crippen molar-refractivity contribution in [1.82, 2.24) is 4.90 Å². The number of rotatable bonds is 3. The number of primary amides is 1. The molecule has 2 aliphatic heterocycles. The molecule has 2 rings (SSSR count). The normalized spacial score (nSPS) is 30.8. The van der Waals surface area contributed by atoms with Crippen molar-refractivity contribution < 1.29 is 14.3 Å². The maximum Gasteiger partial charge on any atom is 0.252 e. The van der Waals surface area contributed by atoms with Gasteiger partial charge >= 0.3 is 0 Å². The molecule has 7 heteroatoms. The van der Waals surface area contributed by atoms with Crippen LogP contribution in [0.4, 0.5) is 0 Å². The number of nitrogens with two attached hydrogens (primary N) is 2. The van der Waals surface area contributed by atoms with Crippen LogP contribution in [-0.4, -0.2) is 48.1 Å². The topological polar surface area (TPSA) is 98.7 Å². The third-order valence-electron chi connectivity index (χ3n) is 3.76. The lowest BCUT2D eigenvalue weighted by Gasteiger charge is -2.35. The summed E-state index contributed by atoms with van der Waals surface area (Å²) in [5.74, 6) is -0.522. The summed E-state index contributed by atoms with van der Waals surface area (Å²) >= 11 is 0. The van der Waals surface area contributed by atoms with Crippen LogP contribution >= 0.6 is 12.4 Å². The maximum atomic E-state index is 12.3. The number of carbonyl (C=O) groups excluding carboxylic acids is 2. The van der Waals surface area contributed by atoms with Crippen LogP contribution in [0.1, 0.15) is 32.1 Å². The molecule has 2 saturated heterocycles. The van der Waals surface area contributed by atoms with E-state index in [4.69, 9.17) is 16.2 Å². The molecule has 110 valence electrons. The Hall–Kier alpha value is -0.850. The van der Waals surface area contributed by atoms with E-state index in [1.807, 2.05) is 0 Å². The van der Waals surface area contributed by atoms with Gasteiger partial charge in [-0.05, 0) is 32.1 Å². The number of piperidine rings is 1. The summed E-state index contributed by atoms with van der Waals surface area (Å²) in [6.07, 6.45) is 3.53. The van der Waals surface area contributed by atoms with Gasteiger partial charge in [0.2, 0.25) is 5.91 Å². The second-order valence-corrected chi connectivity index (χ2v) is 5.01. The molecule has 4 N–H and O–H groups in total. The molecule has 6 nitrogen and oxygen atoms in total. The zero-order valence-electron chi connectivity index (χ0n) is 10.9. The molecule has 0 aliphatic carbocycles. The number of nitrogens with zero attached hydrogens (tertiary/aromatic N) is 1. The van der Waals surface area contributed by atoms with Crippen molar-refractivity contribution in [1.29, 1.82) is 0 Å². The van der Waals surface area contributed by atoms with Gasteiger partial charge in [-0.15, -0.1) is 12.4 Å². The highest BCUT2D eigenvalue weighted by Gasteiger charge is 2.38. The van der Waals surface area contributed by atoms with E-state index in [9.17, 15) is 9.59 Å². The van der Waals surface area contributed by atoms with Gasteiger partial charge in [0.25, 0.3) is 5.91 Å². The van der Waals surface area contributed by atoms with Crippen LogP contribution in [0.5, 0.6) is 0 Å². The van der Waals surface area contributed by atoms with Crippen molar-refractivity contribution in [3.05, 3.63) is 0 Å². The van der Waals surface area contributed by atoms with Gasteiger partial charge in [0.15, 0.2) is 0 Å². The van der Waals surface area contributed by atoms with Crippen molar-refractivity contribution >= 4 is 24.2 Å². The summed E-state index contributed by atoms with van der Waals surface area (Å²) in [6, 6.07) is -0.466. The van der Waals surface area contributed by atoms with E-state index in [1.54, 1.807) is 4.90 Å². The zero-order valence-corrected chi connectivity index (χ0v) is 11.7. The molecule has 0 bridgehead atoms. The molecule has 0 spiro atoms. The number of ether oxygens (including phenoxy) is 1. The fraction of sp³-hybridized carbons (Fsp3) is 0.833. The van der Waals surface area contributed by atoms with Crippen molar-refractivity contribution in [3.8, 4) is 0 Å². The summed E-state index contributed by atoms with van der Waals surface area (Å²) in [5, 5.41) is 0. The Balaban J connectivity index is 0.00000180. The monoisotopic (exact) mass is 291 g/mol. The molecule has 2 amide bonds. The standard InChI is InChI=1S/C12H21N3O3.ClH/c13-7-8-4-5-10(18-8)12(17)15-6-2-1-3-9(15)11(14)16;/h8-10H,1-7,13H2,(H2,14,16);1H/t8-,9?,10+;/m1./s1. The molecule has 3 atom stereocenters. The Morgan fingerprint density at radius 3 is 2.53 bits per heavy atom. The first-order valence-electron chi connectivity index (χ1n) is 6.58. The Bertz CT molecular complexity index is 340. The van der Waals surface area contributed by atoms with Crippen LogP contribution in [0.2, 0.25) is 0 Å². The molecule has 0 aromatic carbocycles. The quantitative estimate of drug-likeness (QED) is 0.751. The largest absolute Gasteiger partial charge is 0.368 e. The van der Waals surface area contributed by atoms with Crippen LogP contribution in [0.15, 0.2) is 0 Å². The van der Waals surface area contributed by atoms with Gasteiger partial charge in [-0.1, -0.05) is 0 Å². The smallest absolute Gasteiger partial charge is 0.252 e. The summed E-state index contributed by atoms with van der Waals surface area (Å²) in [7, 11) is 0. The van der Waals surface area contributed by atoms with Gasteiger partial charge in [-0.3, -0.25) is 9.59 Å². The molecule has 1 unspecified atom stereocenters. The minimum atomic E-state index is -0.466. The van der Waals surface area contributed by atoms with Crippen LogP contribution < -0.4 is 11.5 Å². The number of hydrogen-bond donors (Lipinski definition) is 2. The van der Waals surface area contributed by atoms with Gasteiger partial charge in [0.1, 0.15) is 12.1 Å². The Morgan fingerprint density at radius 1 is 1.21 bits per heavy atom. The SMILES string of the molecule is Cl.NC[C@H]1CC[C@@H](C(=O)N2CCCCC2C(N)=O)O1. The summed E-state index contributed by atoms with van der Waals surface area (Å²) < 4.78 is 5.59. The van der Waals surface area contributed by atoms with Crippen LogP contribution in [0.3, 0.4) is 0 Å². The molecule has 2 heterocycles. The predicted octanol–water partition coefficient (Wildman–Crippen LogP) is -0.219. The Labute approximate surface area is 119 Å². The lowest BCUT2D eigenvalue weighted by atomic mass is 10.0. The highest BCUT2D eigenvalue weighted by atomic mass is 35.5. The number of carbonyl (C=O) groups is 2. The summed E-state index contributed by atoms with van der Waals surface area (Å²) in [4.78, 5) is 25.3. The second-order valence-electron chi connectivity index (χ2n) is 5.01. The Kier molecular flexibility index (Phi) is 6.03. The molecule has 2 fully saturated rings. The van der Waals surface area contributed by atoms with Gasteiger partial charge in [0.05, 0.1) is 6.10 Å². The number of hydrogen-bond acceptors (Lipinski definition) is 4. The van der Waals surface area contributed by atoms with Crippen LogP contribution in [-0.2, 0) is 14.3 Å². The molecule has 0 aromatic rings. The van der Waals surface area contributed by atoms with E-state index in [-0.39, 0.29) is 24.4 Å². The lowest BCUT2D eigenvalue weighted by molar-refractivity contribution is -0.150. The van der Waals surface area contributed by atoms with E-state index >= 15 is 0 Å². The van der Waals surface area contributed by atoms with Gasteiger partial charge in [-0.2, -0.15) is 0 Å². The molecule has 0 aromatic heterocycles. The van der Waals surface area contributed by atoms with Gasteiger partial charge in [0, 0.05) is 13.1 Å². The Morgan fingerprint density at radius 2 is 1.95 bits per heavy atom. The first-order valence-corrected chi connectivity index (χ1v) is 6.58. The average Bonchev–Trinajstić information content (AvgIpc) is 2.86. The predicted molar refractivity (Wildman–Crippen MR) is 72.7 cm³/mol. The van der Waals surface area contributed by atoms with Crippen LogP contribution in [0, 0.1) is 0 Å². The fourth-order valence-electron chi connectivity index (χ4n) is 2.74. The fourth-order valence-corrected chi connectivity index (χ4v) is 2.74. The maximum absolute atomic E-state index is 12.3. The summed E-state index contributed by atoms with van der Waals surface area (Å²) in [6.45, 7) is 1.03. The number of amides is 2.